The SMILES string of the molecule is COc1ccc2c(c1)C(CCN(C(C)C)C(C)C)(c1ccccc1)CNC2=S. The Morgan fingerprint density at radius 3 is 2.36 bits per heavy atom. The molecule has 0 bridgehead atoms. The Labute approximate surface area is 175 Å². The number of hydrogen-bond donors (Lipinski definition) is 1. The Morgan fingerprint density at radius 1 is 1.07 bits per heavy atom. The first-order valence-electron chi connectivity index (χ1n) is 10.2. The Bertz CT molecular complexity index is 811. The fourth-order valence-electron chi connectivity index (χ4n) is 4.48. The molecule has 2 aromatic carbocycles. The van der Waals surface area contributed by atoms with Crippen molar-refractivity contribution in [1.29, 1.82) is 0 Å². The van der Waals surface area contributed by atoms with Crippen molar-refractivity contribution < 1.29 is 4.74 Å². The van der Waals surface area contributed by atoms with Crippen molar-refractivity contribution in [3.8, 4) is 5.75 Å². The van der Waals surface area contributed by atoms with Crippen LogP contribution in [-0.2, 0) is 5.41 Å². The fraction of sp³-hybridized carbons (Fsp3) is 0.458. The summed E-state index contributed by atoms with van der Waals surface area (Å²) in [5, 5.41) is 3.52. The monoisotopic (exact) mass is 396 g/mol. The molecule has 1 atom stereocenters. The molecule has 1 aliphatic rings. The van der Waals surface area contributed by atoms with E-state index in [4.69, 9.17) is 17.0 Å². The molecule has 0 fully saturated rings. The van der Waals surface area contributed by atoms with Gasteiger partial charge in [0.15, 0.2) is 0 Å². The van der Waals surface area contributed by atoms with Crippen LogP contribution in [0.3, 0.4) is 0 Å². The predicted molar refractivity (Wildman–Crippen MR) is 122 cm³/mol. The fourth-order valence-corrected chi connectivity index (χ4v) is 4.73. The predicted octanol–water partition coefficient (Wildman–Crippen LogP) is 4.77. The summed E-state index contributed by atoms with van der Waals surface area (Å²) in [6.45, 7) is 10.9. The molecule has 150 valence electrons. The first-order chi connectivity index (χ1) is 13.4. The van der Waals surface area contributed by atoms with E-state index in [1.165, 1.54) is 11.1 Å². The third-order valence-corrected chi connectivity index (χ3v) is 6.35. The highest BCUT2D eigenvalue weighted by atomic mass is 32.1. The summed E-state index contributed by atoms with van der Waals surface area (Å²) in [5.74, 6) is 0.883. The van der Waals surface area contributed by atoms with Gasteiger partial charge in [-0.3, -0.25) is 4.90 Å². The highest BCUT2D eigenvalue weighted by Gasteiger charge is 2.40. The summed E-state index contributed by atoms with van der Waals surface area (Å²) in [5.41, 5.74) is 3.57. The first-order valence-corrected chi connectivity index (χ1v) is 10.6. The lowest BCUT2D eigenvalue weighted by Gasteiger charge is -2.43. The molecule has 3 nitrogen and oxygen atoms in total. The number of nitrogens with one attached hydrogen (secondary N) is 1. The van der Waals surface area contributed by atoms with Crippen molar-refractivity contribution in [1.82, 2.24) is 10.2 Å². The smallest absolute Gasteiger partial charge is 0.119 e. The molecule has 0 aliphatic carbocycles. The third-order valence-electron chi connectivity index (χ3n) is 5.99. The Hall–Kier alpha value is -1.91. The molecule has 0 spiro atoms. The standard InChI is InChI=1S/C24H32N2OS/c1-17(2)26(18(3)4)14-13-24(19-9-7-6-8-10-19)16-25-23(28)21-12-11-20(27-5)15-22(21)24/h6-12,15,17-18H,13-14,16H2,1-5H3,(H,25,28). The van der Waals surface area contributed by atoms with Crippen molar-refractivity contribution in [3.63, 3.8) is 0 Å². The number of rotatable bonds is 7. The van der Waals surface area contributed by atoms with Crippen LogP contribution >= 0.6 is 12.2 Å². The molecule has 0 saturated heterocycles. The maximum Gasteiger partial charge on any atom is 0.119 e. The normalized spacial score (nSPS) is 19.1. The van der Waals surface area contributed by atoms with Gasteiger partial charge >= 0.3 is 0 Å². The maximum atomic E-state index is 5.65. The van der Waals surface area contributed by atoms with Gasteiger partial charge in [-0.1, -0.05) is 42.5 Å². The molecule has 0 amide bonds. The average molecular weight is 397 g/mol. The molecule has 1 unspecified atom stereocenters. The van der Waals surface area contributed by atoms with Gasteiger partial charge in [-0.2, -0.15) is 0 Å². The minimum absolute atomic E-state index is 0.143. The van der Waals surface area contributed by atoms with Gasteiger partial charge in [-0.05, 0) is 70.0 Å². The van der Waals surface area contributed by atoms with Gasteiger partial charge in [-0.15, -0.1) is 0 Å². The quantitative estimate of drug-likeness (QED) is 0.682. The van der Waals surface area contributed by atoms with Crippen LogP contribution < -0.4 is 10.1 Å². The lowest BCUT2D eigenvalue weighted by Crippen LogP contribution is -2.50. The molecule has 0 saturated carbocycles. The molecule has 3 rings (SSSR count). The van der Waals surface area contributed by atoms with E-state index in [0.717, 1.165) is 35.8 Å². The highest BCUT2D eigenvalue weighted by Crippen LogP contribution is 2.41. The van der Waals surface area contributed by atoms with E-state index >= 15 is 0 Å². The molecular formula is C24H32N2OS. The van der Waals surface area contributed by atoms with E-state index in [1.54, 1.807) is 7.11 Å². The Balaban J connectivity index is 2.11. The topological polar surface area (TPSA) is 24.5 Å². The number of thiocarbonyl (C=S) groups is 1. The highest BCUT2D eigenvalue weighted by molar-refractivity contribution is 7.80. The summed E-state index contributed by atoms with van der Waals surface area (Å²) in [4.78, 5) is 3.39. The molecular weight excluding hydrogens is 364 g/mol. The van der Waals surface area contributed by atoms with Gasteiger partial charge in [-0.25, -0.2) is 0 Å². The van der Waals surface area contributed by atoms with E-state index in [1.807, 2.05) is 6.07 Å². The molecule has 1 heterocycles. The molecule has 0 radical (unpaired) electrons. The van der Waals surface area contributed by atoms with Gasteiger partial charge < -0.3 is 10.1 Å². The minimum Gasteiger partial charge on any atom is -0.497 e. The van der Waals surface area contributed by atoms with E-state index < -0.39 is 0 Å². The maximum absolute atomic E-state index is 5.65. The summed E-state index contributed by atoms with van der Waals surface area (Å²) in [7, 11) is 1.73. The molecule has 0 aromatic heterocycles. The van der Waals surface area contributed by atoms with Crippen LogP contribution in [0.1, 0.15) is 50.8 Å². The van der Waals surface area contributed by atoms with Gasteiger partial charge in [0, 0.05) is 29.6 Å². The van der Waals surface area contributed by atoms with Crippen LogP contribution in [0.2, 0.25) is 0 Å². The third kappa shape index (κ3) is 3.94. The number of nitrogens with zero attached hydrogens (tertiary/aromatic N) is 1. The summed E-state index contributed by atoms with van der Waals surface area (Å²) >= 11 is 5.65. The second-order valence-electron chi connectivity index (χ2n) is 8.22. The number of benzene rings is 2. The van der Waals surface area contributed by atoms with Gasteiger partial charge in [0.1, 0.15) is 10.7 Å². The minimum atomic E-state index is -0.143. The van der Waals surface area contributed by atoms with Crippen molar-refractivity contribution in [3.05, 3.63) is 65.2 Å². The van der Waals surface area contributed by atoms with E-state index in [-0.39, 0.29) is 5.41 Å². The number of fused-ring (bicyclic) bond motifs is 1. The second kappa shape index (κ2) is 8.62. The summed E-state index contributed by atoms with van der Waals surface area (Å²) in [6.07, 6.45) is 1.02. The molecule has 2 aromatic rings. The van der Waals surface area contributed by atoms with Gasteiger partial charge in [0.2, 0.25) is 0 Å². The second-order valence-corrected chi connectivity index (χ2v) is 8.63. The molecule has 28 heavy (non-hydrogen) atoms. The van der Waals surface area contributed by atoms with E-state index in [9.17, 15) is 0 Å². The zero-order valence-corrected chi connectivity index (χ0v) is 18.5. The Morgan fingerprint density at radius 2 is 1.75 bits per heavy atom. The van der Waals surface area contributed by atoms with Crippen LogP contribution in [0.25, 0.3) is 0 Å². The van der Waals surface area contributed by atoms with Crippen LogP contribution in [-0.4, -0.2) is 42.2 Å². The molecule has 1 aliphatic heterocycles. The van der Waals surface area contributed by atoms with Crippen molar-refractivity contribution in [2.24, 2.45) is 0 Å². The molecule has 4 heteroatoms. The largest absolute Gasteiger partial charge is 0.497 e. The van der Waals surface area contributed by atoms with Gasteiger partial charge in [0.05, 0.1) is 7.11 Å². The van der Waals surface area contributed by atoms with Crippen molar-refractivity contribution >= 4 is 17.2 Å². The van der Waals surface area contributed by atoms with Crippen molar-refractivity contribution in [2.75, 3.05) is 20.2 Å². The van der Waals surface area contributed by atoms with Gasteiger partial charge in [0.25, 0.3) is 0 Å². The van der Waals surface area contributed by atoms with Crippen molar-refractivity contribution in [2.45, 2.75) is 51.6 Å². The first kappa shape index (κ1) is 20.8. The number of ether oxygens (including phenoxy) is 1. The number of methoxy groups -OCH3 is 1. The van der Waals surface area contributed by atoms with Crippen LogP contribution in [0, 0.1) is 0 Å². The summed E-state index contributed by atoms with van der Waals surface area (Å²) < 4.78 is 5.57. The van der Waals surface area contributed by atoms with Crippen LogP contribution in [0.15, 0.2) is 48.5 Å². The van der Waals surface area contributed by atoms with E-state index in [0.29, 0.717) is 12.1 Å². The Kier molecular flexibility index (Phi) is 6.41. The van der Waals surface area contributed by atoms with Crippen LogP contribution in [0.5, 0.6) is 5.75 Å². The zero-order valence-electron chi connectivity index (χ0n) is 17.7. The van der Waals surface area contributed by atoms with Crippen LogP contribution in [0.4, 0.5) is 0 Å². The number of hydrogen-bond acceptors (Lipinski definition) is 3. The van der Waals surface area contributed by atoms with E-state index in [2.05, 4.69) is 80.4 Å². The summed E-state index contributed by atoms with van der Waals surface area (Å²) in [6, 6.07) is 18.1. The zero-order chi connectivity index (χ0) is 20.3. The molecule has 1 N–H and O–H groups in total. The lowest BCUT2D eigenvalue weighted by molar-refractivity contribution is 0.161. The lowest BCUT2D eigenvalue weighted by atomic mass is 9.68. The average Bonchev–Trinajstić information content (AvgIpc) is 2.69.